The van der Waals surface area contributed by atoms with Crippen LogP contribution in [0.25, 0.3) is 0 Å². The van der Waals surface area contributed by atoms with Crippen LogP contribution in [-0.2, 0) is 6.54 Å². The maximum absolute atomic E-state index is 12.2. The quantitative estimate of drug-likeness (QED) is 0.893. The molecule has 1 saturated heterocycles. The number of rotatable bonds is 5. The van der Waals surface area contributed by atoms with Crippen LogP contribution in [0.4, 0.5) is 14.6 Å². The van der Waals surface area contributed by atoms with Crippen molar-refractivity contribution >= 4 is 5.82 Å². The monoisotopic (exact) mass is 272 g/mol. The van der Waals surface area contributed by atoms with E-state index in [9.17, 15) is 8.78 Å². The van der Waals surface area contributed by atoms with Gasteiger partial charge in [0.25, 0.3) is 6.43 Å². The van der Waals surface area contributed by atoms with E-state index in [1.807, 2.05) is 0 Å². The molecule has 2 rings (SSSR count). The molecule has 4 nitrogen and oxygen atoms in total. The summed E-state index contributed by atoms with van der Waals surface area (Å²) in [7, 11) is 2.14. The normalized spacial score (nSPS) is 19.8. The highest BCUT2D eigenvalue weighted by atomic mass is 19.3. The number of aromatic nitrogens is 2. The predicted molar refractivity (Wildman–Crippen MR) is 71.5 cm³/mol. The molecule has 1 fully saturated rings. The van der Waals surface area contributed by atoms with Crippen molar-refractivity contribution in [1.82, 2.24) is 14.7 Å². The Bertz CT molecular complexity index is 386. The van der Waals surface area contributed by atoms with Crippen molar-refractivity contribution in [2.24, 2.45) is 5.92 Å². The van der Waals surface area contributed by atoms with Crippen LogP contribution < -0.4 is 5.32 Å². The largest absolute Gasteiger partial charge is 0.366 e. The van der Waals surface area contributed by atoms with Crippen LogP contribution in [0.5, 0.6) is 0 Å². The summed E-state index contributed by atoms with van der Waals surface area (Å²) in [6, 6.07) is 2.08. The topological polar surface area (TPSA) is 33.1 Å². The van der Waals surface area contributed by atoms with Crippen molar-refractivity contribution in [3.8, 4) is 0 Å². The maximum Gasteiger partial charge on any atom is 0.257 e. The van der Waals surface area contributed by atoms with Gasteiger partial charge in [-0.2, -0.15) is 5.10 Å². The second kappa shape index (κ2) is 6.32. The van der Waals surface area contributed by atoms with Crippen LogP contribution in [0.1, 0.15) is 19.8 Å². The highest BCUT2D eigenvalue weighted by molar-refractivity contribution is 5.33. The molecular formula is C13H22F2N4. The Kier molecular flexibility index (Phi) is 4.74. The molecule has 6 heteroatoms. The van der Waals surface area contributed by atoms with Gasteiger partial charge in [-0.1, -0.05) is 0 Å². The molecule has 0 radical (unpaired) electrons. The van der Waals surface area contributed by atoms with Crippen molar-refractivity contribution in [1.29, 1.82) is 0 Å². The number of hydrogen-bond acceptors (Lipinski definition) is 3. The number of likely N-dealkylation sites (tertiary alicyclic amines) is 1. The first-order valence-electron chi connectivity index (χ1n) is 6.81. The van der Waals surface area contributed by atoms with Gasteiger partial charge in [0.1, 0.15) is 12.4 Å². The van der Waals surface area contributed by atoms with Gasteiger partial charge in [-0.15, -0.1) is 0 Å². The summed E-state index contributed by atoms with van der Waals surface area (Å²) in [5, 5.41) is 7.44. The van der Waals surface area contributed by atoms with Crippen molar-refractivity contribution < 1.29 is 8.78 Å². The number of nitrogens with zero attached hydrogens (tertiary/aromatic N) is 3. The average molecular weight is 272 g/mol. The van der Waals surface area contributed by atoms with Crippen molar-refractivity contribution in [2.45, 2.75) is 38.8 Å². The van der Waals surface area contributed by atoms with Gasteiger partial charge < -0.3 is 10.2 Å². The van der Waals surface area contributed by atoms with Gasteiger partial charge in [-0.3, -0.25) is 4.68 Å². The Labute approximate surface area is 112 Å². The van der Waals surface area contributed by atoms with Gasteiger partial charge in [0.05, 0.1) is 0 Å². The Hall–Kier alpha value is -1.17. The number of hydrogen-bond donors (Lipinski definition) is 1. The van der Waals surface area contributed by atoms with Gasteiger partial charge in [0, 0.05) is 18.3 Å². The highest BCUT2D eigenvalue weighted by Crippen LogP contribution is 2.22. The summed E-state index contributed by atoms with van der Waals surface area (Å²) >= 11 is 0. The minimum Gasteiger partial charge on any atom is -0.366 e. The van der Waals surface area contributed by atoms with Crippen LogP contribution >= 0.6 is 0 Å². The fraction of sp³-hybridized carbons (Fsp3) is 0.769. The Morgan fingerprint density at radius 3 is 2.74 bits per heavy atom. The zero-order valence-corrected chi connectivity index (χ0v) is 11.5. The predicted octanol–water partition coefficient (Wildman–Crippen LogP) is 2.29. The molecule has 2 heterocycles. The van der Waals surface area contributed by atoms with Crippen molar-refractivity contribution in [3.63, 3.8) is 0 Å². The fourth-order valence-corrected chi connectivity index (χ4v) is 2.56. The van der Waals surface area contributed by atoms with E-state index in [1.165, 1.54) is 17.5 Å². The van der Waals surface area contributed by atoms with Crippen LogP contribution in [0, 0.1) is 5.92 Å². The van der Waals surface area contributed by atoms with Crippen molar-refractivity contribution in [3.05, 3.63) is 12.3 Å². The second-order valence-electron chi connectivity index (χ2n) is 5.39. The lowest BCUT2D eigenvalue weighted by Crippen LogP contribution is -2.37. The molecular weight excluding hydrogens is 250 g/mol. The third-order valence-corrected chi connectivity index (χ3v) is 3.81. The zero-order chi connectivity index (χ0) is 13.8. The van der Waals surface area contributed by atoms with Crippen LogP contribution in [0.15, 0.2) is 12.3 Å². The lowest BCUT2D eigenvalue weighted by molar-refractivity contribution is 0.122. The minimum absolute atomic E-state index is 0.323. The molecule has 1 aromatic rings. The van der Waals surface area contributed by atoms with Gasteiger partial charge in [-0.25, -0.2) is 8.78 Å². The summed E-state index contributed by atoms with van der Waals surface area (Å²) in [5.74, 6) is 1.31. The molecule has 1 aromatic heterocycles. The van der Waals surface area contributed by atoms with E-state index in [1.54, 1.807) is 12.3 Å². The minimum atomic E-state index is -2.36. The summed E-state index contributed by atoms with van der Waals surface area (Å²) in [6.45, 7) is 4.04. The van der Waals surface area contributed by atoms with Crippen LogP contribution in [0.2, 0.25) is 0 Å². The van der Waals surface area contributed by atoms with Crippen LogP contribution in [0.3, 0.4) is 0 Å². The highest BCUT2D eigenvalue weighted by Gasteiger charge is 2.22. The maximum atomic E-state index is 12.2. The molecule has 0 aliphatic carbocycles. The van der Waals surface area contributed by atoms with Gasteiger partial charge in [0.2, 0.25) is 0 Å². The molecule has 0 spiro atoms. The van der Waals surface area contributed by atoms with E-state index in [0.29, 0.717) is 17.8 Å². The third-order valence-electron chi connectivity index (χ3n) is 3.81. The van der Waals surface area contributed by atoms with E-state index in [-0.39, 0.29) is 6.54 Å². The number of halogens is 2. The van der Waals surface area contributed by atoms with E-state index >= 15 is 0 Å². The number of nitrogens with one attached hydrogen (secondary N) is 1. The first-order valence-corrected chi connectivity index (χ1v) is 6.81. The van der Waals surface area contributed by atoms with Gasteiger partial charge in [-0.05, 0) is 45.8 Å². The first-order chi connectivity index (χ1) is 9.04. The lowest BCUT2D eigenvalue weighted by Gasteiger charge is -2.33. The molecule has 1 aliphatic rings. The summed E-state index contributed by atoms with van der Waals surface area (Å²) < 4.78 is 25.8. The van der Waals surface area contributed by atoms with Crippen LogP contribution in [-0.4, -0.2) is 47.3 Å². The van der Waals surface area contributed by atoms with E-state index in [2.05, 4.69) is 29.3 Å². The van der Waals surface area contributed by atoms with Crippen molar-refractivity contribution in [2.75, 3.05) is 25.5 Å². The Morgan fingerprint density at radius 2 is 2.11 bits per heavy atom. The van der Waals surface area contributed by atoms with E-state index < -0.39 is 6.43 Å². The summed E-state index contributed by atoms with van der Waals surface area (Å²) in [6.07, 6.45) is 1.57. The molecule has 0 saturated carbocycles. The zero-order valence-electron chi connectivity index (χ0n) is 11.5. The SMILES string of the molecule is C[C@@H](Nc1ccn(CC(F)F)n1)C1CCN(C)CC1. The molecule has 1 atom stereocenters. The van der Waals surface area contributed by atoms with Gasteiger partial charge >= 0.3 is 0 Å². The Morgan fingerprint density at radius 1 is 1.42 bits per heavy atom. The summed E-state index contributed by atoms with van der Waals surface area (Å²) in [4.78, 5) is 2.33. The van der Waals surface area contributed by atoms with E-state index in [0.717, 1.165) is 13.1 Å². The van der Waals surface area contributed by atoms with E-state index in [4.69, 9.17) is 0 Å². The fourth-order valence-electron chi connectivity index (χ4n) is 2.56. The first kappa shape index (κ1) is 14.2. The molecule has 0 bridgehead atoms. The standard InChI is InChI=1S/C13H22F2N4/c1-10(11-3-6-18(2)7-4-11)16-13-5-8-19(17-13)9-12(14)15/h5,8,10-12H,3-4,6-7,9H2,1-2H3,(H,16,17)/t10-/m1/s1. The molecule has 0 unspecified atom stereocenters. The molecule has 1 aliphatic heterocycles. The average Bonchev–Trinajstić information content (AvgIpc) is 2.76. The summed E-state index contributed by atoms with van der Waals surface area (Å²) in [5.41, 5.74) is 0. The molecule has 0 amide bonds. The molecule has 19 heavy (non-hydrogen) atoms. The molecule has 0 aromatic carbocycles. The number of anilines is 1. The second-order valence-corrected chi connectivity index (χ2v) is 5.39. The third kappa shape index (κ3) is 4.16. The van der Waals surface area contributed by atoms with Gasteiger partial charge in [0.15, 0.2) is 0 Å². The Balaban J connectivity index is 1.84. The number of piperidine rings is 1. The molecule has 108 valence electrons. The number of alkyl halides is 2. The molecule has 1 N–H and O–H groups in total. The lowest BCUT2D eigenvalue weighted by atomic mass is 9.90. The smallest absolute Gasteiger partial charge is 0.257 e.